The van der Waals surface area contributed by atoms with Gasteiger partial charge in [-0.15, -0.1) is 0 Å². The Bertz CT molecular complexity index is 546. The second-order valence-electron chi connectivity index (χ2n) is 2.41. The van der Waals surface area contributed by atoms with Crippen LogP contribution >= 0.6 is 0 Å². The van der Waals surface area contributed by atoms with E-state index in [9.17, 15) is 18.5 Å². The van der Waals surface area contributed by atoms with Gasteiger partial charge in [0.25, 0.3) is 10.2 Å². The van der Waals surface area contributed by atoms with E-state index in [1.165, 1.54) is 6.07 Å². The number of rotatable bonds is 3. The molecule has 0 radical (unpaired) electrons. The summed E-state index contributed by atoms with van der Waals surface area (Å²) < 4.78 is 25.1. The van der Waals surface area contributed by atoms with E-state index in [-0.39, 0.29) is 10.6 Å². The summed E-state index contributed by atoms with van der Waals surface area (Å²) in [4.78, 5) is 11.6. The number of hydrogen-bond donors (Lipinski definition) is 1. The normalized spacial score (nSPS) is 10.4. The monoisotopic (exact) mass is 229 g/mol. The summed E-state index contributed by atoms with van der Waals surface area (Å²) in [6, 6.07) is 4.35. The van der Waals surface area contributed by atoms with E-state index in [1.54, 1.807) is 0 Å². The Morgan fingerprint density at radius 1 is 1.47 bits per heavy atom. The molecule has 0 atom stereocenters. The average Bonchev–Trinajstić information content (AvgIpc) is 2.18. The van der Waals surface area contributed by atoms with Gasteiger partial charge in [-0.2, -0.15) is 8.42 Å². The predicted molar refractivity (Wildman–Crippen MR) is 47.6 cm³/mol. The highest BCUT2D eigenvalue weighted by Gasteiger charge is 2.21. The minimum atomic E-state index is -4.10. The lowest BCUT2D eigenvalue weighted by Crippen LogP contribution is -1.98. The van der Waals surface area contributed by atoms with Gasteiger partial charge in [-0.1, -0.05) is 6.07 Å². The molecule has 1 aromatic carbocycles. The standard InChI is InChI=1S/C6H5N4O4S/c7-8-9-15(13,14)6-3-1-2-5(4-6)10(11)12/h1-4,7H/q+1. The maximum atomic E-state index is 11.2. The predicted octanol–water partition coefficient (Wildman–Crippen LogP) is 0.834. The highest BCUT2D eigenvalue weighted by Crippen LogP contribution is 2.18. The molecule has 1 aromatic rings. The van der Waals surface area contributed by atoms with Crippen LogP contribution in [0.15, 0.2) is 33.7 Å². The fraction of sp³-hybridized carbons (Fsp3) is 0. The van der Waals surface area contributed by atoms with E-state index in [4.69, 9.17) is 5.53 Å². The SMILES string of the molecule is N=[N+]=NS(=O)(=O)c1cccc([N+](=O)[O-])c1. The van der Waals surface area contributed by atoms with Crippen molar-refractivity contribution in [3.63, 3.8) is 0 Å². The number of hydrogen-bond acceptors (Lipinski definition) is 5. The van der Waals surface area contributed by atoms with Crippen LogP contribution in [0, 0.1) is 15.6 Å². The first kappa shape index (κ1) is 11.0. The van der Waals surface area contributed by atoms with E-state index in [1.807, 2.05) is 0 Å². The third-order valence-corrected chi connectivity index (χ3v) is 2.62. The minimum absolute atomic E-state index is 0.365. The van der Waals surface area contributed by atoms with Crippen molar-refractivity contribution in [2.75, 3.05) is 0 Å². The van der Waals surface area contributed by atoms with Crippen LogP contribution in [-0.4, -0.2) is 13.3 Å². The van der Waals surface area contributed by atoms with Crippen molar-refractivity contribution in [1.82, 2.24) is 4.91 Å². The Morgan fingerprint density at radius 2 is 2.13 bits per heavy atom. The molecule has 0 aliphatic heterocycles. The molecule has 0 aliphatic carbocycles. The zero-order chi connectivity index (χ0) is 11.5. The van der Waals surface area contributed by atoms with Gasteiger partial charge in [0.15, 0.2) is 0 Å². The third-order valence-electron chi connectivity index (χ3n) is 1.47. The van der Waals surface area contributed by atoms with Crippen LogP contribution in [0.1, 0.15) is 0 Å². The van der Waals surface area contributed by atoms with Crippen molar-refractivity contribution in [2.45, 2.75) is 4.90 Å². The molecule has 0 bridgehead atoms. The number of nitro benzene ring substituents is 1. The van der Waals surface area contributed by atoms with Crippen LogP contribution in [0.5, 0.6) is 0 Å². The van der Waals surface area contributed by atoms with E-state index in [0.29, 0.717) is 0 Å². The van der Waals surface area contributed by atoms with Gasteiger partial charge in [0.2, 0.25) is 4.91 Å². The van der Waals surface area contributed by atoms with Gasteiger partial charge in [-0.25, -0.2) is 0 Å². The lowest BCUT2D eigenvalue weighted by Gasteiger charge is -1.93. The van der Waals surface area contributed by atoms with Gasteiger partial charge in [-0.05, 0) is 6.07 Å². The summed E-state index contributed by atoms with van der Waals surface area (Å²) in [7, 11) is -4.10. The van der Waals surface area contributed by atoms with Crippen molar-refractivity contribution in [3.8, 4) is 0 Å². The first-order chi connectivity index (χ1) is 6.97. The van der Waals surface area contributed by atoms with Crippen molar-refractivity contribution >= 4 is 15.7 Å². The second-order valence-corrected chi connectivity index (χ2v) is 4.00. The molecule has 9 heteroatoms. The Labute approximate surface area is 84.0 Å². The van der Waals surface area contributed by atoms with Crippen LogP contribution in [0.4, 0.5) is 5.69 Å². The van der Waals surface area contributed by atoms with E-state index in [0.717, 1.165) is 18.2 Å². The third kappa shape index (κ3) is 2.42. The smallest absolute Gasteiger partial charge is 0.258 e. The summed E-state index contributed by atoms with van der Waals surface area (Å²) in [5.41, 5.74) is 5.93. The average molecular weight is 229 g/mol. The molecule has 1 rings (SSSR count). The van der Waals surface area contributed by atoms with Crippen molar-refractivity contribution < 1.29 is 13.3 Å². The van der Waals surface area contributed by atoms with Crippen LogP contribution in [-0.2, 0) is 10.0 Å². The molecule has 0 unspecified atom stereocenters. The fourth-order valence-electron chi connectivity index (χ4n) is 0.858. The van der Waals surface area contributed by atoms with Crippen molar-refractivity contribution in [3.05, 3.63) is 34.4 Å². The van der Waals surface area contributed by atoms with Gasteiger partial charge < -0.3 is 0 Å². The summed E-state index contributed by atoms with van der Waals surface area (Å²) in [6.45, 7) is 0. The zero-order valence-corrected chi connectivity index (χ0v) is 8.01. The van der Waals surface area contributed by atoms with Crippen molar-refractivity contribution in [2.24, 2.45) is 4.52 Å². The van der Waals surface area contributed by atoms with Crippen LogP contribution in [0.25, 0.3) is 0 Å². The van der Waals surface area contributed by atoms with Gasteiger partial charge in [0, 0.05) is 12.1 Å². The quantitative estimate of drug-likeness (QED) is 0.356. The first-order valence-electron chi connectivity index (χ1n) is 3.55. The molecule has 0 fully saturated rings. The zero-order valence-electron chi connectivity index (χ0n) is 7.19. The summed E-state index contributed by atoms with van der Waals surface area (Å²) in [5, 5.41) is 10.4. The lowest BCUT2D eigenvalue weighted by atomic mass is 10.3. The molecule has 0 saturated heterocycles. The highest BCUT2D eigenvalue weighted by molar-refractivity contribution is 7.90. The fourth-order valence-corrected chi connectivity index (χ4v) is 1.58. The molecule has 0 aliphatic rings. The van der Waals surface area contributed by atoms with Crippen LogP contribution in [0.3, 0.4) is 0 Å². The van der Waals surface area contributed by atoms with Gasteiger partial charge in [0.05, 0.1) is 4.92 Å². The maximum Gasteiger partial charge on any atom is 0.356 e. The van der Waals surface area contributed by atoms with E-state index in [2.05, 4.69) is 9.43 Å². The molecule has 0 aromatic heterocycles. The maximum absolute atomic E-state index is 11.2. The molecule has 0 spiro atoms. The molecule has 8 nitrogen and oxygen atoms in total. The summed E-state index contributed by atoms with van der Waals surface area (Å²) in [6.07, 6.45) is 0. The Kier molecular flexibility index (Phi) is 2.88. The number of nitrogens with one attached hydrogen (secondary N) is 1. The van der Waals surface area contributed by atoms with Crippen LogP contribution < -0.4 is 4.91 Å². The number of nitro groups is 1. The molecule has 0 heterocycles. The summed E-state index contributed by atoms with van der Waals surface area (Å²) >= 11 is 0. The van der Waals surface area contributed by atoms with E-state index < -0.39 is 14.9 Å². The first-order valence-corrected chi connectivity index (χ1v) is 4.99. The Morgan fingerprint density at radius 3 is 2.67 bits per heavy atom. The molecule has 0 saturated carbocycles. The largest absolute Gasteiger partial charge is 0.356 e. The number of sulfonamides is 1. The number of benzene rings is 1. The Hall–Kier alpha value is -2.12. The number of non-ortho nitro benzene ring substituents is 1. The lowest BCUT2D eigenvalue weighted by molar-refractivity contribution is -0.385. The van der Waals surface area contributed by atoms with Crippen molar-refractivity contribution in [1.29, 1.82) is 5.53 Å². The van der Waals surface area contributed by atoms with Crippen LogP contribution in [0.2, 0.25) is 0 Å². The highest BCUT2D eigenvalue weighted by atomic mass is 32.2. The summed E-state index contributed by atoms with van der Waals surface area (Å²) in [5.74, 6) is 0. The molecule has 1 N–H and O–H groups in total. The number of nitrogens with zero attached hydrogens (tertiary/aromatic N) is 3. The topological polar surface area (TPSA) is 128 Å². The van der Waals surface area contributed by atoms with Gasteiger partial charge >= 0.3 is 10.0 Å². The Balaban J connectivity index is 3.34. The molecule has 0 amide bonds. The molecular formula is C6H5N4O4S+. The molecule has 78 valence electrons. The van der Waals surface area contributed by atoms with Gasteiger partial charge in [-0.3, -0.25) is 10.1 Å². The second kappa shape index (κ2) is 3.95. The van der Waals surface area contributed by atoms with E-state index >= 15 is 0 Å². The molecule has 15 heavy (non-hydrogen) atoms. The minimum Gasteiger partial charge on any atom is -0.258 e. The molecular weight excluding hydrogens is 224 g/mol. The van der Waals surface area contributed by atoms with Gasteiger partial charge in [0.1, 0.15) is 10.4 Å².